The van der Waals surface area contributed by atoms with Crippen LogP contribution in [0.4, 0.5) is 5.13 Å². The number of ether oxygens (including phenoxy) is 1. The van der Waals surface area contributed by atoms with Gasteiger partial charge in [-0.25, -0.2) is 13.4 Å². The molecule has 1 aliphatic heterocycles. The molecule has 1 saturated heterocycles. The molecule has 0 atom stereocenters. The van der Waals surface area contributed by atoms with Gasteiger partial charge in [0.2, 0.25) is 15.2 Å². The fourth-order valence-electron chi connectivity index (χ4n) is 4.30. The van der Waals surface area contributed by atoms with E-state index in [0.717, 1.165) is 45.9 Å². The first kappa shape index (κ1) is 27.4. The van der Waals surface area contributed by atoms with Crippen LogP contribution in [0.2, 0.25) is 0 Å². The maximum absolute atomic E-state index is 13.7. The van der Waals surface area contributed by atoms with Gasteiger partial charge in [0.1, 0.15) is 5.75 Å². The standard InChI is InChI=1S/C28H27BrN4O4S2/c1-37-23-11-6-20(7-12-23)19-30-33(28-31-25-15-10-22(29)18-26(25)38-28)27(34)21-8-13-24(14-9-21)39(35,36)32-16-4-2-3-5-17-32/h6-15,18-19H,2-5,16-17H2,1H3/b30-19+. The van der Waals surface area contributed by atoms with Crippen LogP contribution in [0.1, 0.15) is 41.6 Å². The predicted octanol–water partition coefficient (Wildman–Crippen LogP) is 6.31. The maximum Gasteiger partial charge on any atom is 0.280 e. The largest absolute Gasteiger partial charge is 0.497 e. The molecule has 1 aliphatic rings. The van der Waals surface area contributed by atoms with E-state index in [0.29, 0.717) is 29.5 Å². The minimum Gasteiger partial charge on any atom is -0.497 e. The van der Waals surface area contributed by atoms with E-state index >= 15 is 0 Å². The summed E-state index contributed by atoms with van der Waals surface area (Å²) in [6.07, 6.45) is 5.37. The van der Waals surface area contributed by atoms with Crippen LogP contribution in [0.15, 0.2) is 81.2 Å². The highest BCUT2D eigenvalue weighted by Gasteiger charge is 2.26. The van der Waals surface area contributed by atoms with Gasteiger partial charge in [0.25, 0.3) is 5.91 Å². The fourth-order valence-corrected chi connectivity index (χ4v) is 7.29. The fraction of sp³-hybridized carbons (Fsp3) is 0.250. The molecule has 0 aliphatic carbocycles. The van der Waals surface area contributed by atoms with Crippen molar-refractivity contribution in [3.63, 3.8) is 0 Å². The number of hydrogen-bond donors (Lipinski definition) is 0. The van der Waals surface area contributed by atoms with Gasteiger partial charge in [-0.1, -0.05) is 40.1 Å². The number of nitrogens with zero attached hydrogens (tertiary/aromatic N) is 4. The number of amides is 1. The molecule has 0 N–H and O–H groups in total. The van der Waals surface area contributed by atoms with Crippen LogP contribution < -0.4 is 9.75 Å². The summed E-state index contributed by atoms with van der Waals surface area (Å²) in [7, 11) is -2.02. The van der Waals surface area contributed by atoms with Gasteiger partial charge in [-0.05, 0) is 85.1 Å². The Bertz CT molecular complexity index is 1600. The van der Waals surface area contributed by atoms with Crippen molar-refractivity contribution in [2.45, 2.75) is 30.6 Å². The molecule has 1 aromatic heterocycles. The third kappa shape index (κ3) is 6.22. The van der Waals surface area contributed by atoms with Crippen LogP contribution in [0, 0.1) is 0 Å². The molecule has 8 nitrogen and oxygen atoms in total. The Kier molecular flexibility index (Phi) is 8.41. The van der Waals surface area contributed by atoms with Crippen molar-refractivity contribution in [1.29, 1.82) is 0 Å². The number of halogens is 1. The molecule has 1 amide bonds. The molecule has 39 heavy (non-hydrogen) atoms. The first-order valence-electron chi connectivity index (χ1n) is 12.5. The van der Waals surface area contributed by atoms with Crippen molar-refractivity contribution in [2.75, 3.05) is 25.2 Å². The Morgan fingerprint density at radius 1 is 1.03 bits per heavy atom. The molecular formula is C28H27BrN4O4S2. The maximum atomic E-state index is 13.7. The topological polar surface area (TPSA) is 92.2 Å². The van der Waals surface area contributed by atoms with Gasteiger partial charge in [0.05, 0.1) is 28.4 Å². The summed E-state index contributed by atoms with van der Waals surface area (Å²) < 4.78 is 35.0. The smallest absolute Gasteiger partial charge is 0.280 e. The average Bonchev–Trinajstić information content (AvgIpc) is 3.16. The normalized spacial score (nSPS) is 14.9. The van der Waals surface area contributed by atoms with E-state index in [1.807, 2.05) is 42.5 Å². The third-order valence-corrected chi connectivity index (χ3v) is 9.85. The Morgan fingerprint density at radius 2 is 1.72 bits per heavy atom. The number of anilines is 1. The third-order valence-electron chi connectivity index (χ3n) is 6.45. The lowest BCUT2D eigenvalue weighted by Gasteiger charge is -2.20. The number of benzene rings is 3. The van der Waals surface area contributed by atoms with E-state index in [2.05, 4.69) is 26.0 Å². The van der Waals surface area contributed by atoms with Crippen LogP contribution in [0.5, 0.6) is 5.75 Å². The van der Waals surface area contributed by atoms with Crippen molar-refractivity contribution < 1.29 is 17.9 Å². The van der Waals surface area contributed by atoms with Crippen molar-refractivity contribution in [1.82, 2.24) is 9.29 Å². The number of methoxy groups -OCH3 is 1. The van der Waals surface area contributed by atoms with Gasteiger partial charge in [-0.3, -0.25) is 4.79 Å². The predicted molar refractivity (Wildman–Crippen MR) is 158 cm³/mol. The van der Waals surface area contributed by atoms with Crippen molar-refractivity contribution in [3.05, 3.63) is 82.3 Å². The Morgan fingerprint density at radius 3 is 2.38 bits per heavy atom. The molecule has 0 bridgehead atoms. The molecule has 3 aromatic carbocycles. The number of hydrogen-bond acceptors (Lipinski definition) is 7. The molecule has 11 heteroatoms. The highest BCUT2D eigenvalue weighted by molar-refractivity contribution is 9.10. The lowest BCUT2D eigenvalue weighted by Crippen LogP contribution is -2.32. The highest BCUT2D eigenvalue weighted by atomic mass is 79.9. The zero-order valence-corrected chi connectivity index (χ0v) is 24.5. The number of fused-ring (bicyclic) bond motifs is 1. The van der Waals surface area contributed by atoms with Crippen LogP contribution in [0.3, 0.4) is 0 Å². The highest BCUT2D eigenvalue weighted by Crippen LogP contribution is 2.32. The Hall–Kier alpha value is -3.12. The molecule has 1 fully saturated rings. The summed E-state index contributed by atoms with van der Waals surface area (Å²) >= 11 is 4.82. The number of sulfonamides is 1. The van der Waals surface area contributed by atoms with Crippen LogP contribution in [0.25, 0.3) is 10.2 Å². The summed E-state index contributed by atoms with van der Waals surface area (Å²) in [6.45, 7) is 1.04. The SMILES string of the molecule is COc1ccc(/C=N/N(C(=O)c2ccc(S(=O)(=O)N3CCCCCC3)cc2)c2nc3ccc(Br)cc3s2)cc1. The molecule has 0 saturated carbocycles. The first-order valence-corrected chi connectivity index (χ1v) is 15.6. The number of aromatic nitrogens is 1. The van der Waals surface area contributed by atoms with Crippen LogP contribution in [-0.2, 0) is 10.0 Å². The van der Waals surface area contributed by atoms with Crippen LogP contribution in [-0.4, -0.2) is 50.0 Å². The van der Waals surface area contributed by atoms with Gasteiger partial charge in [0, 0.05) is 23.1 Å². The van der Waals surface area contributed by atoms with Crippen LogP contribution >= 0.6 is 27.3 Å². The number of rotatable bonds is 7. The van der Waals surface area contributed by atoms with E-state index in [9.17, 15) is 13.2 Å². The quantitative estimate of drug-likeness (QED) is 0.177. The summed E-state index contributed by atoms with van der Waals surface area (Å²) in [5.74, 6) is 0.295. The van der Waals surface area contributed by atoms with Crippen molar-refractivity contribution in [3.8, 4) is 5.75 Å². The lowest BCUT2D eigenvalue weighted by molar-refractivity contribution is 0.0987. The van der Waals surface area contributed by atoms with Gasteiger partial charge >= 0.3 is 0 Å². The van der Waals surface area contributed by atoms with Gasteiger partial charge in [0.15, 0.2) is 0 Å². The number of thiazole rings is 1. The average molecular weight is 628 g/mol. The van der Waals surface area contributed by atoms with Gasteiger partial charge in [-0.15, -0.1) is 0 Å². The molecular weight excluding hydrogens is 600 g/mol. The van der Waals surface area contributed by atoms with Gasteiger partial charge < -0.3 is 4.74 Å². The van der Waals surface area contributed by atoms with E-state index < -0.39 is 15.9 Å². The van der Waals surface area contributed by atoms with Crippen molar-refractivity contribution >= 4 is 64.8 Å². The first-order chi connectivity index (χ1) is 18.8. The van der Waals surface area contributed by atoms with E-state index in [1.54, 1.807) is 17.6 Å². The minimum absolute atomic E-state index is 0.180. The van der Waals surface area contributed by atoms with Crippen molar-refractivity contribution in [2.24, 2.45) is 5.10 Å². The number of carbonyl (C=O) groups is 1. The van der Waals surface area contributed by atoms with E-state index in [1.165, 1.54) is 40.6 Å². The molecule has 202 valence electrons. The second kappa shape index (κ2) is 12.0. The minimum atomic E-state index is -3.62. The summed E-state index contributed by atoms with van der Waals surface area (Å²) in [4.78, 5) is 18.5. The zero-order valence-electron chi connectivity index (χ0n) is 21.3. The second-order valence-electron chi connectivity index (χ2n) is 9.09. The monoisotopic (exact) mass is 626 g/mol. The summed E-state index contributed by atoms with van der Waals surface area (Å²) in [6, 6.07) is 19.1. The lowest BCUT2D eigenvalue weighted by atomic mass is 10.2. The summed E-state index contributed by atoms with van der Waals surface area (Å²) in [5, 5.41) is 6.15. The molecule has 0 radical (unpaired) electrons. The Labute approximate surface area is 240 Å². The number of hydrazone groups is 1. The second-order valence-corrected chi connectivity index (χ2v) is 12.9. The zero-order chi connectivity index (χ0) is 27.4. The molecule has 0 unspecified atom stereocenters. The van der Waals surface area contributed by atoms with E-state index in [-0.39, 0.29) is 4.90 Å². The summed E-state index contributed by atoms with van der Waals surface area (Å²) in [5.41, 5.74) is 1.82. The number of carbonyl (C=O) groups excluding carboxylic acids is 1. The molecule has 0 spiro atoms. The Balaban J connectivity index is 1.46. The van der Waals surface area contributed by atoms with E-state index in [4.69, 9.17) is 4.74 Å². The van der Waals surface area contributed by atoms with Gasteiger partial charge in [-0.2, -0.15) is 14.4 Å². The molecule has 4 aromatic rings. The molecule has 2 heterocycles. The molecule has 5 rings (SSSR count).